The molecule has 0 saturated carbocycles. The van der Waals surface area contributed by atoms with Gasteiger partial charge in [-0.3, -0.25) is 5.10 Å². The van der Waals surface area contributed by atoms with Crippen LogP contribution in [0.2, 0.25) is 0 Å². The van der Waals surface area contributed by atoms with Crippen molar-refractivity contribution in [2.24, 2.45) is 5.41 Å². The van der Waals surface area contributed by atoms with E-state index in [1.807, 2.05) is 30.3 Å². The summed E-state index contributed by atoms with van der Waals surface area (Å²) in [7, 11) is 0. The van der Waals surface area contributed by atoms with Crippen LogP contribution in [0.4, 0.5) is 4.79 Å². The molecule has 2 amide bonds. The van der Waals surface area contributed by atoms with E-state index < -0.39 is 0 Å². The van der Waals surface area contributed by atoms with Gasteiger partial charge in [-0.05, 0) is 23.8 Å². The lowest BCUT2D eigenvalue weighted by molar-refractivity contribution is 0.121. The van der Waals surface area contributed by atoms with Gasteiger partial charge in [-0.2, -0.15) is 5.10 Å². The summed E-state index contributed by atoms with van der Waals surface area (Å²) in [6.45, 7) is 5.82. The molecule has 1 saturated heterocycles. The number of nitrogens with one attached hydrogen (secondary N) is 2. The first-order valence-electron chi connectivity index (χ1n) is 8.73. The molecule has 0 spiro atoms. The number of likely N-dealkylation sites (tertiary alicyclic amines) is 1. The van der Waals surface area contributed by atoms with Gasteiger partial charge in [0.25, 0.3) is 0 Å². The van der Waals surface area contributed by atoms with Gasteiger partial charge in [0.2, 0.25) is 0 Å². The first-order chi connectivity index (χ1) is 11.9. The minimum absolute atomic E-state index is 0.0852. The van der Waals surface area contributed by atoms with Crippen molar-refractivity contribution in [2.75, 3.05) is 13.1 Å². The molecule has 0 radical (unpaired) electrons. The van der Waals surface area contributed by atoms with Crippen LogP contribution >= 0.6 is 0 Å². The van der Waals surface area contributed by atoms with E-state index in [9.17, 15) is 9.90 Å². The second-order valence-electron chi connectivity index (χ2n) is 7.53. The molecular formula is C19H26N4O2. The van der Waals surface area contributed by atoms with Gasteiger partial charge in [-0.15, -0.1) is 0 Å². The third kappa shape index (κ3) is 4.39. The zero-order valence-electron chi connectivity index (χ0n) is 14.8. The fraction of sp³-hybridized carbons (Fsp3) is 0.474. The standard InChI is InChI=1S/C19H26N4O2/c1-19(2)10-16(24)8-9-23(13-19)18(25)20-11-15-12-21-22-17(15)14-6-4-3-5-7-14/h3-7,12,16,24H,8-11,13H2,1-2H3,(H,20,25)(H,21,22). The number of aliphatic hydroxyl groups excluding tert-OH is 1. The Morgan fingerprint density at radius 1 is 1.40 bits per heavy atom. The van der Waals surface area contributed by atoms with Gasteiger partial charge in [0.15, 0.2) is 0 Å². The van der Waals surface area contributed by atoms with Crippen LogP contribution in [-0.4, -0.2) is 45.4 Å². The van der Waals surface area contributed by atoms with E-state index in [2.05, 4.69) is 29.4 Å². The monoisotopic (exact) mass is 342 g/mol. The van der Waals surface area contributed by atoms with E-state index >= 15 is 0 Å². The van der Waals surface area contributed by atoms with E-state index in [4.69, 9.17) is 0 Å². The van der Waals surface area contributed by atoms with E-state index in [1.165, 1.54) is 0 Å². The number of carbonyl (C=O) groups excluding carboxylic acids is 1. The Morgan fingerprint density at radius 3 is 2.92 bits per heavy atom. The molecule has 1 aromatic carbocycles. The molecule has 0 aliphatic carbocycles. The average Bonchev–Trinajstić information content (AvgIpc) is 2.99. The Bertz CT molecular complexity index is 711. The van der Waals surface area contributed by atoms with Crippen LogP contribution in [0.3, 0.4) is 0 Å². The van der Waals surface area contributed by atoms with Crippen LogP contribution in [0.25, 0.3) is 11.3 Å². The molecule has 1 aromatic heterocycles. The molecule has 3 rings (SSSR count). The van der Waals surface area contributed by atoms with Crippen molar-refractivity contribution in [1.29, 1.82) is 0 Å². The third-order valence-electron chi connectivity index (χ3n) is 4.64. The van der Waals surface area contributed by atoms with Crippen molar-refractivity contribution in [3.63, 3.8) is 0 Å². The van der Waals surface area contributed by atoms with Gasteiger partial charge in [0.1, 0.15) is 0 Å². The summed E-state index contributed by atoms with van der Waals surface area (Å²) in [6.07, 6.45) is 2.75. The topological polar surface area (TPSA) is 81.2 Å². The highest BCUT2D eigenvalue weighted by Gasteiger charge is 2.31. The number of aromatic nitrogens is 2. The summed E-state index contributed by atoms with van der Waals surface area (Å²) in [6, 6.07) is 9.85. The van der Waals surface area contributed by atoms with Gasteiger partial charge >= 0.3 is 6.03 Å². The fourth-order valence-electron chi connectivity index (χ4n) is 3.46. The summed E-state index contributed by atoms with van der Waals surface area (Å²) >= 11 is 0. The molecule has 2 aromatic rings. The number of hydrogen-bond acceptors (Lipinski definition) is 3. The number of amides is 2. The summed E-state index contributed by atoms with van der Waals surface area (Å²) in [4.78, 5) is 14.4. The first-order valence-corrected chi connectivity index (χ1v) is 8.73. The maximum atomic E-state index is 12.6. The molecule has 134 valence electrons. The molecule has 25 heavy (non-hydrogen) atoms. The molecule has 0 bridgehead atoms. The van der Waals surface area contributed by atoms with Crippen LogP contribution in [0.15, 0.2) is 36.5 Å². The SMILES string of the molecule is CC1(C)CC(O)CCN(C(=O)NCc2cn[nH]c2-c2ccccc2)C1. The summed E-state index contributed by atoms with van der Waals surface area (Å²) in [5.41, 5.74) is 2.84. The van der Waals surface area contributed by atoms with Crippen molar-refractivity contribution in [1.82, 2.24) is 20.4 Å². The Hall–Kier alpha value is -2.34. The van der Waals surface area contributed by atoms with E-state index in [0.29, 0.717) is 26.1 Å². The number of aromatic amines is 1. The third-order valence-corrected chi connectivity index (χ3v) is 4.64. The van der Waals surface area contributed by atoms with Crippen LogP contribution in [-0.2, 0) is 6.54 Å². The minimum atomic E-state index is -0.341. The smallest absolute Gasteiger partial charge is 0.317 e. The maximum Gasteiger partial charge on any atom is 0.317 e. The zero-order valence-corrected chi connectivity index (χ0v) is 14.8. The molecule has 1 fully saturated rings. The molecular weight excluding hydrogens is 316 g/mol. The minimum Gasteiger partial charge on any atom is -0.393 e. The van der Waals surface area contributed by atoms with E-state index in [-0.39, 0.29) is 17.6 Å². The highest BCUT2D eigenvalue weighted by Crippen LogP contribution is 2.28. The lowest BCUT2D eigenvalue weighted by atomic mass is 9.87. The Kier molecular flexibility index (Phi) is 5.08. The maximum absolute atomic E-state index is 12.6. The fourth-order valence-corrected chi connectivity index (χ4v) is 3.46. The van der Waals surface area contributed by atoms with E-state index in [0.717, 1.165) is 23.2 Å². The largest absolute Gasteiger partial charge is 0.393 e. The molecule has 1 unspecified atom stereocenters. The summed E-state index contributed by atoms with van der Waals surface area (Å²) < 4.78 is 0. The normalized spacial score (nSPS) is 20.1. The van der Waals surface area contributed by atoms with Gasteiger partial charge in [-0.25, -0.2) is 4.79 Å². The van der Waals surface area contributed by atoms with Crippen LogP contribution in [0, 0.1) is 5.41 Å². The average molecular weight is 342 g/mol. The van der Waals surface area contributed by atoms with Gasteiger partial charge < -0.3 is 15.3 Å². The molecule has 1 atom stereocenters. The van der Waals surface area contributed by atoms with Gasteiger partial charge in [0, 0.05) is 25.2 Å². The number of H-pyrrole nitrogens is 1. The summed E-state index contributed by atoms with van der Waals surface area (Å²) in [5, 5.41) is 20.1. The van der Waals surface area contributed by atoms with Crippen molar-refractivity contribution in [3.05, 3.63) is 42.1 Å². The number of nitrogens with zero attached hydrogens (tertiary/aromatic N) is 2. The molecule has 2 heterocycles. The van der Waals surface area contributed by atoms with Crippen molar-refractivity contribution >= 4 is 6.03 Å². The van der Waals surface area contributed by atoms with Gasteiger partial charge in [-0.1, -0.05) is 44.2 Å². The predicted octanol–water partition coefficient (Wildman–Crippen LogP) is 2.77. The number of carbonyl (C=O) groups is 1. The molecule has 3 N–H and O–H groups in total. The van der Waals surface area contributed by atoms with Crippen LogP contribution < -0.4 is 5.32 Å². The van der Waals surface area contributed by atoms with Crippen LogP contribution in [0.5, 0.6) is 0 Å². The second-order valence-corrected chi connectivity index (χ2v) is 7.53. The molecule has 1 aliphatic rings. The predicted molar refractivity (Wildman–Crippen MR) is 96.9 cm³/mol. The van der Waals surface area contributed by atoms with E-state index in [1.54, 1.807) is 11.1 Å². The lowest BCUT2D eigenvalue weighted by Gasteiger charge is -2.29. The summed E-state index contributed by atoms with van der Waals surface area (Å²) in [5.74, 6) is 0. The Labute approximate surface area is 148 Å². The lowest BCUT2D eigenvalue weighted by Crippen LogP contribution is -2.43. The zero-order chi connectivity index (χ0) is 17.9. The Morgan fingerprint density at radius 2 is 2.16 bits per heavy atom. The Balaban J connectivity index is 1.64. The number of hydrogen-bond donors (Lipinski definition) is 3. The van der Waals surface area contributed by atoms with Crippen molar-refractivity contribution in [3.8, 4) is 11.3 Å². The van der Waals surface area contributed by atoms with Crippen LogP contribution in [0.1, 0.15) is 32.3 Å². The quantitative estimate of drug-likeness (QED) is 0.802. The number of rotatable bonds is 3. The van der Waals surface area contributed by atoms with Gasteiger partial charge in [0.05, 0.1) is 18.0 Å². The highest BCUT2D eigenvalue weighted by molar-refractivity contribution is 5.74. The number of benzene rings is 1. The second kappa shape index (κ2) is 7.27. The molecule has 6 nitrogen and oxygen atoms in total. The number of aliphatic hydroxyl groups is 1. The van der Waals surface area contributed by atoms with Crippen molar-refractivity contribution in [2.45, 2.75) is 39.3 Å². The molecule has 1 aliphatic heterocycles. The number of urea groups is 1. The first kappa shape index (κ1) is 17.5. The van der Waals surface area contributed by atoms with Crippen molar-refractivity contribution < 1.29 is 9.90 Å². The highest BCUT2D eigenvalue weighted by atomic mass is 16.3. The molecule has 6 heteroatoms.